The Morgan fingerprint density at radius 3 is 2.73 bits per heavy atom. The largest absolute Gasteiger partial charge is 0.264 e. The number of rotatable bonds is 0. The van der Waals surface area contributed by atoms with Gasteiger partial charge >= 0.3 is 0 Å². The van der Waals surface area contributed by atoms with Gasteiger partial charge in [-0.25, -0.2) is 9.97 Å². The van der Waals surface area contributed by atoms with Crippen LogP contribution in [0, 0.1) is 6.92 Å². The summed E-state index contributed by atoms with van der Waals surface area (Å²) in [6, 6.07) is 0. The number of aryl methyl sites for hydroxylation is 1. The topological polar surface area (TPSA) is 38.7 Å². The summed E-state index contributed by atoms with van der Waals surface area (Å²) in [6.07, 6.45) is 7.07. The van der Waals surface area contributed by atoms with Crippen LogP contribution in [0.4, 0.5) is 0 Å². The van der Waals surface area contributed by atoms with E-state index in [0.29, 0.717) is 0 Å². The molecule has 1 aliphatic rings. The van der Waals surface area contributed by atoms with Crippen molar-refractivity contribution in [2.45, 2.75) is 6.92 Å². The number of fused-ring (bicyclic) bond motifs is 3. The predicted octanol–water partition coefficient (Wildman–Crippen LogP) is 2.22. The molecule has 0 bridgehead atoms. The van der Waals surface area contributed by atoms with Crippen LogP contribution in [0.1, 0.15) is 16.8 Å². The third kappa shape index (κ3) is 0.973. The van der Waals surface area contributed by atoms with Crippen molar-refractivity contribution in [3.05, 3.63) is 48.3 Å². The van der Waals surface area contributed by atoms with Gasteiger partial charge in [0, 0.05) is 35.3 Å². The molecule has 0 saturated heterocycles. The fraction of sp³-hybridized carbons (Fsp3) is 0.0833. The maximum Gasteiger partial charge on any atom is 0.116 e. The van der Waals surface area contributed by atoms with Gasteiger partial charge in [0.15, 0.2) is 0 Å². The van der Waals surface area contributed by atoms with Crippen molar-refractivity contribution in [2.75, 3.05) is 0 Å². The average Bonchev–Trinajstić information content (AvgIpc) is 2.55. The lowest BCUT2D eigenvalue weighted by Gasteiger charge is -2.02. The molecule has 0 unspecified atom stereocenters. The van der Waals surface area contributed by atoms with Gasteiger partial charge < -0.3 is 0 Å². The molecule has 0 aliphatic heterocycles. The molecule has 0 fully saturated rings. The van der Waals surface area contributed by atoms with Crippen LogP contribution in [0.25, 0.3) is 16.7 Å². The Morgan fingerprint density at radius 1 is 1.07 bits per heavy atom. The van der Waals surface area contributed by atoms with Gasteiger partial charge in [-0.3, -0.25) is 4.98 Å². The highest BCUT2D eigenvalue weighted by Crippen LogP contribution is 2.42. The van der Waals surface area contributed by atoms with Gasteiger partial charge in [-0.1, -0.05) is 6.58 Å². The molecule has 0 spiro atoms. The van der Waals surface area contributed by atoms with Crippen LogP contribution in [0.5, 0.6) is 0 Å². The lowest BCUT2D eigenvalue weighted by Crippen LogP contribution is -1.87. The van der Waals surface area contributed by atoms with Crippen molar-refractivity contribution in [1.82, 2.24) is 15.0 Å². The zero-order chi connectivity index (χ0) is 10.4. The summed E-state index contributed by atoms with van der Waals surface area (Å²) in [6.45, 7) is 6.12. The molecule has 3 heteroatoms. The molecule has 1 aliphatic carbocycles. The molecule has 0 saturated carbocycles. The van der Waals surface area contributed by atoms with E-state index in [1.165, 1.54) is 0 Å². The summed E-state index contributed by atoms with van der Waals surface area (Å²) in [4.78, 5) is 12.5. The molecule has 0 radical (unpaired) electrons. The summed E-state index contributed by atoms with van der Waals surface area (Å²) in [5, 5.41) is 0. The van der Waals surface area contributed by atoms with E-state index < -0.39 is 0 Å². The Kier molecular flexibility index (Phi) is 1.51. The van der Waals surface area contributed by atoms with Gasteiger partial charge in [-0.05, 0) is 18.1 Å². The van der Waals surface area contributed by atoms with Crippen LogP contribution >= 0.6 is 0 Å². The van der Waals surface area contributed by atoms with Crippen molar-refractivity contribution in [3.8, 4) is 11.1 Å². The molecule has 15 heavy (non-hydrogen) atoms. The lowest BCUT2D eigenvalue weighted by atomic mass is 10.0. The second-order valence-corrected chi connectivity index (χ2v) is 3.64. The molecule has 0 aromatic carbocycles. The van der Waals surface area contributed by atoms with Crippen LogP contribution in [0.15, 0.2) is 31.5 Å². The second-order valence-electron chi connectivity index (χ2n) is 3.64. The van der Waals surface area contributed by atoms with E-state index in [9.17, 15) is 0 Å². The van der Waals surface area contributed by atoms with E-state index in [4.69, 9.17) is 0 Å². The first-order valence-electron chi connectivity index (χ1n) is 4.73. The van der Waals surface area contributed by atoms with Gasteiger partial charge in [-0.15, -0.1) is 0 Å². The van der Waals surface area contributed by atoms with Crippen LogP contribution in [-0.4, -0.2) is 15.0 Å². The Bertz CT molecular complexity index is 573. The minimum absolute atomic E-state index is 0.927. The van der Waals surface area contributed by atoms with Crippen LogP contribution in [0.2, 0.25) is 0 Å². The number of nitrogens with zero attached hydrogens (tertiary/aromatic N) is 3. The third-order valence-corrected chi connectivity index (χ3v) is 2.73. The maximum absolute atomic E-state index is 4.26. The quantitative estimate of drug-likeness (QED) is 0.552. The molecule has 0 atom stereocenters. The standard InChI is InChI=1S/C12H9N3/c1-7-3-13-4-9-10-5-14-6-15-12(10)8(2)11(7)9/h3-6H,2H2,1H3. The van der Waals surface area contributed by atoms with Gasteiger partial charge in [-0.2, -0.15) is 0 Å². The first kappa shape index (κ1) is 8.29. The van der Waals surface area contributed by atoms with Crippen molar-refractivity contribution in [2.24, 2.45) is 0 Å². The van der Waals surface area contributed by atoms with Crippen molar-refractivity contribution in [3.63, 3.8) is 0 Å². The first-order chi connectivity index (χ1) is 7.29. The molecule has 2 heterocycles. The number of aromatic nitrogens is 3. The van der Waals surface area contributed by atoms with Gasteiger partial charge in [0.2, 0.25) is 0 Å². The van der Waals surface area contributed by atoms with E-state index in [2.05, 4.69) is 21.5 Å². The van der Waals surface area contributed by atoms with Crippen LogP contribution in [0.3, 0.4) is 0 Å². The number of pyridine rings is 1. The minimum atomic E-state index is 0.927. The maximum atomic E-state index is 4.26. The SMILES string of the molecule is C=C1c2ncncc2-c2cncc(C)c21. The van der Waals surface area contributed by atoms with E-state index in [1.807, 2.05) is 25.5 Å². The Balaban J connectivity index is 2.43. The van der Waals surface area contributed by atoms with E-state index in [1.54, 1.807) is 6.33 Å². The highest BCUT2D eigenvalue weighted by Gasteiger charge is 2.24. The highest BCUT2D eigenvalue weighted by molar-refractivity contribution is 5.99. The molecule has 0 amide bonds. The molecule has 2 aromatic heterocycles. The van der Waals surface area contributed by atoms with Crippen molar-refractivity contribution < 1.29 is 0 Å². The minimum Gasteiger partial charge on any atom is -0.264 e. The lowest BCUT2D eigenvalue weighted by molar-refractivity contribution is 1.16. The molecule has 0 N–H and O–H groups in total. The smallest absolute Gasteiger partial charge is 0.116 e. The molecule has 3 rings (SSSR count). The van der Waals surface area contributed by atoms with Crippen LogP contribution < -0.4 is 0 Å². The number of hydrogen-bond acceptors (Lipinski definition) is 3. The fourth-order valence-corrected chi connectivity index (χ4v) is 2.06. The Labute approximate surface area is 87.5 Å². The molecular weight excluding hydrogens is 186 g/mol. The summed E-state index contributed by atoms with van der Waals surface area (Å²) in [7, 11) is 0. The average molecular weight is 195 g/mol. The molecular formula is C12H9N3. The molecule has 2 aromatic rings. The predicted molar refractivity (Wildman–Crippen MR) is 58.1 cm³/mol. The van der Waals surface area contributed by atoms with Gasteiger partial charge in [0.1, 0.15) is 6.33 Å². The van der Waals surface area contributed by atoms with E-state index in [-0.39, 0.29) is 0 Å². The van der Waals surface area contributed by atoms with Crippen molar-refractivity contribution >= 4 is 5.57 Å². The van der Waals surface area contributed by atoms with E-state index in [0.717, 1.165) is 33.5 Å². The van der Waals surface area contributed by atoms with Crippen molar-refractivity contribution in [1.29, 1.82) is 0 Å². The van der Waals surface area contributed by atoms with Crippen LogP contribution in [-0.2, 0) is 0 Å². The normalized spacial score (nSPS) is 12.5. The zero-order valence-corrected chi connectivity index (χ0v) is 8.36. The Hall–Kier alpha value is -2.03. The first-order valence-corrected chi connectivity index (χ1v) is 4.73. The summed E-state index contributed by atoms with van der Waals surface area (Å²) >= 11 is 0. The summed E-state index contributed by atoms with van der Waals surface area (Å²) in [5.41, 5.74) is 6.32. The number of hydrogen-bond donors (Lipinski definition) is 0. The summed E-state index contributed by atoms with van der Waals surface area (Å²) < 4.78 is 0. The highest BCUT2D eigenvalue weighted by atomic mass is 14.8. The van der Waals surface area contributed by atoms with Gasteiger partial charge in [0.25, 0.3) is 0 Å². The summed E-state index contributed by atoms with van der Waals surface area (Å²) in [5.74, 6) is 0. The molecule has 72 valence electrons. The van der Waals surface area contributed by atoms with E-state index >= 15 is 0 Å². The monoisotopic (exact) mass is 195 g/mol. The Morgan fingerprint density at radius 2 is 1.87 bits per heavy atom. The second kappa shape index (κ2) is 2.73. The fourth-order valence-electron chi connectivity index (χ4n) is 2.06. The van der Waals surface area contributed by atoms with Gasteiger partial charge in [0.05, 0.1) is 5.69 Å². The third-order valence-electron chi connectivity index (χ3n) is 2.73. The zero-order valence-electron chi connectivity index (χ0n) is 8.36. The molecule has 3 nitrogen and oxygen atoms in total.